The summed E-state index contributed by atoms with van der Waals surface area (Å²) >= 11 is 0. The van der Waals surface area contributed by atoms with Gasteiger partial charge in [-0.25, -0.2) is 4.98 Å². The fourth-order valence-electron chi connectivity index (χ4n) is 3.28. The highest BCUT2D eigenvalue weighted by Crippen LogP contribution is 2.35. The number of aryl methyl sites for hydroxylation is 1. The highest BCUT2D eigenvalue weighted by atomic mass is 19.4. The van der Waals surface area contributed by atoms with Gasteiger partial charge in [0.2, 0.25) is 5.95 Å². The number of nitrogen functional groups attached to an aromatic ring is 1. The molecule has 2 aromatic heterocycles. The van der Waals surface area contributed by atoms with E-state index >= 15 is 0 Å². The van der Waals surface area contributed by atoms with E-state index in [0.717, 1.165) is 31.6 Å². The summed E-state index contributed by atoms with van der Waals surface area (Å²) in [7, 11) is 2.09. The molecular weight excluding hydrogens is 347 g/mol. The van der Waals surface area contributed by atoms with Crippen LogP contribution in [-0.4, -0.2) is 44.8 Å². The molecule has 1 fully saturated rings. The third kappa shape index (κ3) is 3.59. The van der Waals surface area contributed by atoms with Gasteiger partial charge in [-0.2, -0.15) is 23.3 Å². The van der Waals surface area contributed by atoms with E-state index in [-0.39, 0.29) is 11.6 Å². The van der Waals surface area contributed by atoms with Gasteiger partial charge in [-0.3, -0.25) is 4.68 Å². The molecule has 0 aromatic carbocycles. The number of rotatable bonds is 3. The number of anilines is 3. The Bertz CT molecular complexity index is 769. The molecule has 0 unspecified atom stereocenters. The van der Waals surface area contributed by atoms with Crippen LogP contribution in [0.2, 0.25) is 0 Å². The fourth-order valence-corrected chi connectivity index (χ4v) is 3.28. The molecule has 1 saturated heterocycles. The molecule has 1 aliphatic heterocycles. The third-order valence-corrected chi connectivity index (χ3v) is 4.73. The first-order valence-corrected chi connectivity index (χ1v) is 8.37. The van der Waals surface area contributed by atoms with Crippen LogP contribution in [0.15, 0.2) is 6.20 Å². The van der Waals surface area contributed by atoms with Crippen LogP contribution in [0.4, 0.5) is 30.6 Å². The van der Waals surface area contributed by atoms with Crippen LogP contribution >= 0.6 is 0 Å². The zero-order chi connectivity index (χ0) is 19.1. The molecule has 0 aliphatic carbocycles. The molecule has 1 aliphatic rings. The highest BCUT2D eigenvalue weighted by Gasteiger charge is 2.36. The summed E-state index contributed by atoms with van der Waals surface area (Å²) in [5, 5.41) is 7.37. The molecule has 3 rings (SSSR count). The summed E-state index contributed by atoms with van der Waals surface area (Å²) in [6.07, 6.45) is -0.940. The molecule has 3 N–H and O–H groups in total. The average molecular weight is 369 g/mol. The van der Waals surface area contributed by atoms with E-state index < -0.39 is 17.6 Å². The van der Waals surface area contributed by atoms with Gasteiger partial charge in [0.15, 0.2) is 0 Å². The van der Waals surface area contributed by atoms with Crippen molar-refractivity contribution in [1.82, 2.24) is 24.6 Å². The molecule has 26 heavy (non-hydrogen) atoms. The number of halogens is 3. The number of likely N-dealkylation sites (tertiary alicyclic amines) is 1. The molecular formula is C16H22F3N7. The van der Waals surface area contributed by atoms with Crippen LogP contribution in [0, 0.1) is 13.8 Å². The minimum absolute atomic E-state index is 0.0269. The largest absolute Gasteiger partial charge is 0.421 e. The quantitative estimate of drug-likeness (QED) is 0.865. The molecule has 0 spiro atoms. The number of aromatic nitrogens is 4. The Morgan fingerprint density at radius 2 is 1.85 bits per heavy atom. The van der Waals surface area contributed by atoms with Crippen molar-refractivity contribution in [3.05, 3.63) is 23.1 Å². The zero-order valence-electron chi connectivity index (χ0n) is 14.9. The SMILES string of the molecule is Cc1nc(Nc2cnn(C3CCN(C)CC3)c2C)nc(N)c1C(F)(F)F. The molecule has 10 heteroatoms. The van der Waals surface area contributed by atoms with E-state index in [1.807, 2.05) is 11.6 Å². The second kappa shape index (κ2) is 6.75. The zero-order valence-corrected chi connectivity index (χ0v) is 14.9. The maximum absolute atomic E-state index is 13.0. The smallest absolute Gasteiger partial charge is 0.383 e. The maximum Gasteiger partial charge on any atom is 0.421 e. The molecule has 0 radical (unpaired) electrons. The van der Waals surface area contributed by atoms with E-state index in [2.05, 4.69) is 32.3 Å². The molecule has 2 aromatic rings. The van der Waals surface area contributed by atoms with Gasteiger partial charge in [-0.15, -0.1) is 0 Å². The Hall–Kier alpha value is -2.36. The summed E-state index contributed by atoms with van der Waals surface area (Å²) in [4.78, 5) is 9.94. The highest BCUT2D eigenvalue weighted by molar-refractivity contribution is 5.58. The van der Waals surface area contributed by atoms with Gasteiger partial charge in [-0.05, 0) is 46.8 Å². The van der Waals surface area contributed by atoms with E-state index in [4.69, 9.17) is 5.73 Å². The van der Waals surface area contributed by atoms with Crippen molar-refractivity contribution in [1.29, 1.82) is 0 Å². The number of nitrogens with one attached hydrogen (secondary N) is 1. The first-order valence-electron chi connectivity index (χ1n) is 8.37. The van der Waals surface area contributed by atoms with Crippen LogP contribution in [0.25, 0.3) is 0 Å². The van der Waals surface area contributed by atoms with E-state index in [1.54, 1.807) is 6.20 Å². The standard InChI is InChI=1S/C16H22F3N7/c1-9-13(16(17,18)19)14(20)24-15(22-9)23-12-8-21-26(10(12)2)11-4-6-25(3)7-5-11/h8,11H,4-7H2,1-3H3,(H3,20,22,23,24). The van der Waals surface area contributed by atoms with E-state index in [0.29, 0.717) is 11.7 Å². The lowest BCUT2D eigenvalue weighted by atomic mass is 10.1. The minimum Gasteiger partial charge on any atom is -0.383 e. The summed E-state index contributed by atoms with van der Waals surface area (Å²) in [5.74, 6) is -0.563. The van der Waals surface area contributed by atoms with Gasteiger partial charge in [-0.1, -0.05) is 0 Å². The Morgan fingerprint density at radius 3 is 2.42 bits per heavy atom. The van der Waals surface area contributed by atoms with Crippen molar-refractivity contribution in [2.45, 2.75) is 38.9 Å². The second-order valence-electron chi connectivity index (χ2n) is 6.64. The van der Waals surface area contributed by atoms with Gasteiger partial charge in [0.05, 0.1) is 29.3 Å². The third-order valence-electron chi connectivity index (χ3n) is 4.73. The van der Waals surface area contributed by atoms with Crippen molar-refractivity contribution >= 4 is 17.5 Å². The Morgan fingerprint density at radius 1 is 1.19 bits per heavy atom. The molecule has 7 nitrogen and oxygen atoms in total. The summed E-state index contributed by atoms with van der Waals surface area (Å²) in [5.41, 5.74) is 5.83. The monoisotopic (exact) mass is 369 g/mol. The van der Waals surface area contributed by atoms with Crippen LogP contribution in [-0.2, 0) is 6.18 Å². The average Bonchev–Trinajstić information content (AvgIpc) is 2.87. The summed E-state index contributed by atoms with van der Waals surface area (Å²) in [6, 6.07) is 0.307. The Balaban J connectivity index is 1.82. The van der Waals surface area contributed by atoms with E-state index in [1.165, 1.54) is 6.92 Å². The van der Waals surface area contributed by atoms with Gasteiger partial charge in [0, 0.05) is 0 Å². The Labute approximate surface area is 149 Å². The van der Waals surface area contributed by atoms with Gasteiger partial charge in [0.1, 0.15) is 11.4 Å². The maximum atomic E-state index is 13.0. The van der Waals surface area contributed by atoms with E-state index in [9.17, 15) is 13.2 Å². The lowest BCUT2D eigenvalue weighted by Gasteiger charge is -2.29. The predicted molar refractivity (Wildman–Crippen MR) is 92.2 cm³/mol. The van der Waals surface area contributed by atoms with Crippen LogP contribution in [0.1, 0.15) is 35.8 Å². The number of hydrogen-bond donors (Lipinski definition) is 2. The van der Waals surface area contributed by atoms with Crippen molar-refractivity contribution in [3.8, 4) is 0 Å². The first-order chi connectivity index (χ1) is 12.2. The van der Waals surface area contributed by atoms with Crippen molar-refractivity contribution in [2.24, 2.45) is 0 Å². The molecule has 0 atom stereocenters. The molecule has 3 heterocycles. The first kappa shape index (κ1) is 18.4. The molecule has 142 valence electrons. The number of hydrogen-bond acceptors (Lipinski definition) is 6. The van der Waals surface area contributed by atoms with Crippen LogP contribution in [0.3, 0.4) is 0 Å². The minimum atomic E-state index is -4.58. The summed E-state index contributed by atoms with van der Waals surface area (Å²) < 4.78 is 40.9. The normalized spacial score (nSPS) is 16.8. The van der Waals surface area contributed by atoms with Crippen molar-refractivity contribution in [3.63, 3.8) is 0 Å². The topological polar surface area (TPSA) is 84.9 Å². The van der Waals surface area contributed by atoms with Crippen molar-refractivity contribution in [2.75, 3.05) is 31.2 Å². The summed E-state index contributed by atoms with van der Waals surface area (Å²) in [6.45, 7) is 5.18. The van der Waals surface area contributed by atoms with Gasteiger partial charge in [0.25, 0.3) is 0 Å². The number of nitrogens with two attached hydrogens (primary N) is 1. The molecule has 0 saturated carbocycles. The van der Waals surface area contributed by atoms with Crippen LogP contribution in [0.5, 0.6) is 0 Å². The fraction of sp³-hybridized carbons (Fsp3) is 0.562. The molecule has 0 bridgehead atoms. The number of alkyl halides is 3. The predicted octanol–water partition coefficient (Wildman–Crippen LogP) is 2.90. The lowest BCUT2D eigenvalue weighted by Crippen LogP contribution is -2.32. The van der Waals surface area contributed by atoms with Crippen molar-refractivity contribution < 1.29 is 13.2 Å². The van der Waals surface area contributed by atoms with Gasteiger partial charge >= 0.3 is 6.18 Å². The number of nitrogens with zero attached hydrogens (tertiary/aromatic N) is 5. The number of piperidine rings is 1. The van der Waals surface area contributed by atoms with Gasteiger partial charge < -0.3 is 16.0 Å². The second-order valence-corrected chi connectivity index (χ2v) is 6.64. The molecule has 0 amide bonds. The Kier molecular flexibility index (Phi) is 4.78. The van der Waals surface area contributed by atoms with Crippen LogP contribution < -0.4 is 11.1 Å². The lowest BCUT2D eigenvalue weighted by molar-refractivity contribution is -0.137.